The molecular formula is C17H20O2. The van der Waals surface area contributed by atoms with Crippen LogP contribution in [0.5, 0.6) is 11.5 Å². The predicted molar refractivity (Wildman–Crippen MR) is 77.6 cm³/mol. The van der Waals surface area contributed by atoms with Gasteiger partial charge in [-0.1, -0.05) is 44.5 Å². The molecule has 0 amide bonds. The molecule has 2 N–H and O–H groups in total. The van der Waals surface area contributed by atoms with Crippen molar-refractivity contribution in [1.29, 1.82) is 0 Å². The second-order valence-electron chi connectivity index (χ2n) is 5.18. The zero-order valence-corrected chi connectivity index (χ0v) is 11.4. The van der Waals surface area contributed by atoms with E-state index in [9.17, 15) is 10.2 Å². The van der Waals surface area contributed by atoms with E-state index in [4.69, 9.17) is 0 Å². The van der Waals surface area contributed by atoms with Crippen LogP contribution in [0.1, 0.15) is 37.8 Å². The van der Waals surface area contributed by atoms with E-state index in [0.717, 1.165) is 24.0 Å². The number of hydrogen-bond acceptors (Lipinski definition) is 2. The van der Waals surface area contributed by atoms with Gasteiger partial charge in [0.2, 0.25) is 0 Å². The standard InChI is InChI=1S/C17H20O2/c1-3-10-17(2,13-6-4-8-15(18)11-13)14-7-5-9-16(19)12-14/h4-9,11-12,18-19H,3,10H2,1-2H3. The van der Waals surface area contributed by atoms with Crippen LogP contribution in [0.2, 0.25) is 0 Å². The molecule has 2 aromatic carbocycles. The molecule has 2 nitrogen and oxygen atoms in total. The van der Waals surface area contributed by atoms with Gasteiger partial charge in [0.25, 0.3) is 0 Å². The van der Waals surface area contributed by atoms with E-state index in [2.05, 4.69) is 13.8 Å². The summed E-state index contributed by atoms with van der Waals surface area (Å²) >= 11 is 0. The summed E-state index contributed by atoms with van der Waals surface area (Å²) in [6.07, 6.45) is 1.99. The highest BCUT2D eigenvalue weighted by atomic mass is 16.3. The summed E-state index contributed by atoms with van der Waals surface area (Å²) in [4.78, 5) is 0. The molecule has 0 radical (unpaired) electrons. The summed E-state index contributed by atoms with van der Waals surface area (Å²) in [6, 6.07) is 14.7. The van der Waals surface area contributed by atoms with E-state index in [1.807, 2.05) is 24.3 Å². The monoisotopic (exact) mass is 256 g/mol. The van der Waals surface area contributed by atoms with E-state index >= 15 is 0 Å². The minimum absolute atomic E-state index is 0.202. The average molecular weight is 256 g/mol. The molecular weight excluding hydrogens is 236 g/mol. The highest BCUT2D eigenvalue weighted by Crippen LogP contribution is 2.38. The quantitative estimate of drug-likeness (QED) is 0.860. The molecule has 0 fully saturated rings. The van der Waals surface area contributed by atoms with Gasteiger partial charge < -0.3 is 10.2 Å². The Morgan fingerprint density at radius 3 is 1.74 bits per heavy atom. The Hall–Kier alpha value is -1.96. The minimum Gasteiger partial charge on any atom is -0.508 e. The van der Waals surface area contributed by atoms with Crippen molar-refractivity contribution in [3.63, 3.8) is 0 Å². The Labute approximate surface area is 114 Å². The first-order valence-electron chi connectivity index (χ1n) is 6.65. The first-order valence-corrected chi connectivity index (χ1v) is 6.65. The number of phenolic OH excluding ortho intramolecular Hbond substituents is 2. The Morgan fingerprint density at radius 1 is 0.895 bits per heavy atom. The number of phenols is 2. The van der Waals surface area contributed by atoms with Crippen molar-refractivity contribution < 1.29 is 10.2 Å². The van der Waals surface area contributed by atoms with Gasteiger partial charge in [-0.15, -0.1) is 0 Å². The molecule has 0 bridgehead atoms. The molecule has 0 atom stereocenters. The molecule has 100 valence electrons. The summed E-state index contributed by atoms with van der Waals surface area (Å²) in [6.45, 7) is 4.30. The molecule has 0 heterocycles. The van der Waals surface area contributed by atoms with E-state index in [1.54, 1.807) is 24.3 Å². The van der Waals surface area contributed by atoms with Gasteiger partial charge >= 0.3 is 0 Å². The Kier molecular flexibility index (Phi) is 3.79. The SMILES string of the molecule is CCCC(C)(c1cccc(O)c1)c1cccc(O)c1. The number of rotatable bonds is 4. The summed E-state index contributed by atoms with van der Waals surface area (Å²) in [5.74, 6) is 0.556. The van der Waals surface area contributed by atoms with Crippen LogP contribution in [0.4, 0.5) is 0 Å². The summed E-state index contributed by atoms with van der Waals surface area (Å²) < 4.78 is 0. The topological polar surface area (TPSA) is 40.5 Å². The van der Waals surface area contributed by atoms with Crippen LogP contribution in [0.3, 0.4) is 0 Å². The zero-order valence-electron chi connectivity index (χ0n) is 11.4. The zero-order chi connectivity index (χ0) is 13.9. The van der Waals surface area contributed by atoms with Crippen molar-refractivity contribution in [2.24, 2.45) is 0 Å². The largest absolute Gasteiger partial charge is 0.508 e. The van der Waals surface area contributed by atoms with Crippen molar-refractivity contribution in [3.05, 3.63) is 59.7 Å². The molecule has 0 aliphatic heterocycles. The average Bonchev–Trinajstić information content (AvgIpc) is 2.39. The van der Waals surface area contributed by atoms with E-state index in [1.165, 1.54) is 0 Å². The Morgan fingerprint density at radius 2 is 1.37 bits per heavy atom. The van der Waals surface area contributed by atoms with Crippen LogP contribution >= 0.6 is 0 Å². The van der Waals surface area contributed by atoms with Crippen LogP contribution < -0.4 is 0 Å². The molecule has 2 rings (SSSR count). The van der Waals surface area contributed by atoms with Crippen molar-refractivity contribution in [3.8, 4) is 11.5 Å². The van der Waals surface area contributed by atoms with Gasteiger partial charge in [-0.25, -0.2) is 0 Å². The molecule has 19 heavy (non-hydrogen) atoms. The molecule has 0 unspecified atom stereocenters. The van der Waals surface area contributed by atoms with Gasteiger partial charge in [0, 0.05) is 5.41 Å². The lowest BCUT2D eigenvalue weighted by molar-refractivity contribution is 0.460. The Balaban J connectivity index is 2.54. The maximum absolute atomic E-state index is 9.70. The van der Waals surface area contributed by atoms with Gasteiger partial charge in [-0.05, 0) is 41.8 Å². The predicted octanol–water partition coefficient (Wildman–Crippen LogP) is 4.20. The molecule has 2 heteroatoms. The third-order valence-corrected chi connectivity index (χ3v) is 3.72. The third kappa shape index (κ3) is 2.73. The van der Waals surface area contributed by atoms with Gasteiger partial charge in [-0.3, -0.25) is 0 Å². The van der Waals surface area contributed by atoms with E-state index < -0.39 is 0 Å². The fourth-order valence-corrected chi connectivity index (χ4v) is 2.65. The van der Waals surface area contributed by atoms with Gasteiger partial charge in [0.05, 0.1) is 0 Å². The second-order valence-corrected chi connectivity index (χ2v) is 5.18. The smallest absolute Gasteiger partial charge is 0.115 e. The fraction of sp³-hybridized carbons (Fsp3) is 0.294. The molecule has 0 spiro atoms. The summed E-state index contributed by atoms with van der Waals surface area (Å²) in [5, 5.41) is 19.4. The van der Waals surface area contributed by atoms with Gasteiger partial charge in [0.15, 0.2) is 0 Å². The summed E-state index contributed by atoms with van der Waals surface area (Å²) in [7, 11) is 0. The second kappa shape index (κ2) is 5.35. The van der Waals surface area contributed by atoms with Crippen molar-refractivity contribution in [2.75, 3.05) is 0 Å². The van der Waals surface area contributed by atoms with Crippen LogP contribution in [0.25, 0.3) is 0 Å². The van der Waals surface area contributed by atoms with Crippen molar-refractivity contribution in [1.82, 2.24) is 0 Å². The van der Waals surface area contributed by atoms with Crippen molar-refractivity contribution in [2.45, 2.75) is 32.1 Å². The first kappa shape index (κ1) is 13.5. The lowest BCUT2D eigenvalue weighted by Crippen LogP contribution is -2.23. The van der Waals surface area contributed by atoms with Gasteiger partial charge in [0.1, 0.15) is 11.5 Å². The number of aromatic hydroxyl groups is 2. The van der Waals surface area contributed by atoms with Crippen molar-refractivity contribution >= 4 is 0 Å². The van der Waals surface area contributed by atoms with Crippen LogP contribution in [0, 0.1) is 0 Å². The van der Waals surface area contributed by atoms with Crippen LogP contribution in [0.15, 0.2) is 48.5 Å². The maximum atomic E-state index is 9.70. The first-order chi connectivity index (χ1) is 9.06. The van der Waals surface area contributed by atoms with Gasteiger partial charge in [-0.2, -0.15) is 0 Å². The summed E-state index contributed by atoms with van der Waals surface area (Å²) in [5.41, 5.74) is 1.94. The maximum Gasteiger partial charge on any atom is 0.115 e. The third-order valence-electron chi connectivity index (χ3n) is 3.72. The molecule has 2 aromatic rings. The molecule has 0 aromatic heterocycles. The lowest BCUT2D eigenvalue weighted by atomic mass is 9.73. The van der Waals surface area contributed by atoms with E-state index in [-0.39, 0.29) is 16.9 Å². The normalized spacial score (nSPS) is 11.5. The number of benzene rings is 2. The lowest BCUT2D eigenvalue weighted by Gasteiger charge is -2.31. The van der Waals surface area contributed by atoms with E-state index in [0.29, 0.717) is 0 Å². The molecule has 0 aliphatic rings. The fourth-order valence-electron chi connectivity index (χ4n) is 2.65. The Bertz CT molecular complexity index is 515. The molecule has 0 saturated heterocycles. The highest BCUT2D eigenvalue weighted by Gasteiger charge is 2.28. The molecule has 0 aliphatic carbocycles. The molecule has 0 saturated carbocycles. The van der Waals surface area contributed by atoms with Crippen LogP contribution in [-0.2, 0) is 5.41 Å². The number of hydrogen-bond donors (Lipinski definition) is 2. The minimum atomic E-state index is -0.202. The highest BCUT2D eigenvalue weighted by molar-refractivity contribution is 5.43. The van der Waals surface area contributed by atoms with Crippen LogP contribution in [-0.4, -0.2) is 10.2 Å².